The van der Waals surface area contributed by atoms with Crippen LogP contribution in [0.15, 0.2) is 22.9 Å². The summed E-state index contributed by atoms with van der Waals surface area (Å²) in [6.45, 7) is 0. The maximum Gasteiger partial charge on any atom is 0.142 e. The molecule has 1 fully saturated rings. The van der Waals surface area contributed by atoms with Crippen LogP contribution in [0.4, 0.5) is 0 Å². The summed E-state index contributed by atoms with van der Waals surface area (Å²) in [6, 6.07) is 2.70. The smallest absolute Gasteiger partial charge is 0.142 e. The Labute approximate surface area is 104 Å². The number of fused-ring (bicyclic) bond motifs is 1. The summed E-state index contributed by atoms with van der Waals surface area (Å²) in [6.07, 6.45) is 6.67. The normalized spacial score (nSPS) is 16.4. The fourth-order valence-corrected chi connectivity index (χ4v) is 3.44. The molecule has 0 aromatic carbocycles. The highest BCUT2D eigenvalue weighted by atomic mass is 127. The van der Waals surface area contributed by atoms with E-state index in [1.54, 1.807) is 0 Å². The van der Waals surface area contributed by atoms with Gasteiger partial charge in [0.25, 0.3) is 0 Å². The van der Waals surface area contributed by atoms with Gasteiger partial charge in [-0.3, -0.25) is 0 Å². The van der Waals surface area contributed by atoms with Crippen LogP contribution in [0.25, 0.3) is 11.0 Å². The summed E-state index contributed by atoms with van der Waals surface area (Å²) < 4.78 is 4.73. The molecule has 0 saturated heterocycles. The summed E-state index contributed by atoms with van der Waals surface area (Å²) in [5.74, 6) is 0. The second-order valence-electron chi connectivity index (χ2n) is 3.61. The van der Waals surface area contributed by atoms with Crippen LogP contribution in [0.1, 0.15) is 18.9 Å². The van der Waals surface area contributed by atoms with E-state index >= 15 is 0 Å². The summed E-state index contributed by atoms with van der Waals surface area (Å²) >= 11 is 5.95. The summed E-state index contributed by atoms with van der Waals surface area (Å²) in [7, 11) is 0. The molecule has 0 spiro atoms. The van der Waals surface area contributed by atoms with Crippen LogP contribution in [0.5, 0.6) is 0 Å². The number of hydrogen-bond donors (Lipinski definition) is 0. The van der Waals surface area contributed by atoms with Gasteiger partial charge in [0.2, 0.25) is 0 Å². The first-order valence-electron chi connectivity index (χ1n) is 4.58. The Balaban J connectivity index is 2.37. The van der Waals surface area contributed by atoms with Gasteiger partial charge in [0, 0.05) is 31.9 Å². The van der Waals surface area contributed by atoms with Crippen molar-refractivity contribution in [2.45, 2.75) is 18.9 Å². The van der Waals surface area contributed by atoms with Gasteiger partial charge in [0.1, 0.15) is 5.65 Å². The molecule has 2 aromatic heterocycles. The largest absolute Gasteiger partial charge is 0.328 e. The Morgan fingerprint density at radius 2 is 2.29 bits per heavy atom. The molecule has 0 amide bonds. The molecule has 2 aromatic rings. The maximum atomic E-state index is 4.45. The third kappa shape index (κ3) is 1.31. The molecule has 14 heavy (non-hydrogen) atoms. The van der Waals surface area contributed by atoms with Crippen molar-refractivity contribution in [3.8, 4) is 0 Å². The zero-order valence-corrected chi connectivity index (χ0v) is 11.1. The Morgan fingerprint density at radius 3 is 3.00 bits per heavy atom. The van der Waals surface area contributed by atoms with Crippen molar-refractivity contribution in [1.29, 1.82) is 0 Å². The van der Waals surface area contributed by atoms with Crippen LogP contribution in [0.3, 0.4) is 0 Å². The third-order valence-electron chi connectivity index (χ3n) is 2.56. The minimum atomic E-state index is 0.697. The highest BCUT2D eigenvalue weighted by molar-refractivity contribution is 14.1. The van der Waals surface area contributed by atoms with Crippen molar-refractivity contribution in [3.63, 3.8) is 0 Å². The number of nitrogens with zero attached hydrogens (tertiary/aromatic N) is 2. The molecule has 0 radical (unpaired) electrons. The Bertz CT molecular complexity index is 502. The van der Waals surface area contributed by atoms with Crippen LogP contribution in [0.2, 0.25) is 0 Å². The lowest BCUT2D eigenvalue weighted by atomic mass is 10.3. The van der Waals surface area contributed by atoms with Crippen LogP contribution in [0, 0.1) is 3.57 Å². The van der Waals surface area contributed by atoms with Crippen molar-refractivity contribution < 1.29 is 0 Å². The zero-order chi connectivity index (χ0) is 9.71. The molecule has 1 aliphatic carbocycles. The zero-order valence-electron chi connectivity index (χ0n) is 7.37. The van der Waals surface area contributed by atoms with E-state index in [4.69, 9.17) is 0 Å². The van der Waals surface area contributed by atoms with E-state index in [9.17, 15) is 0 Å². The van der Waals surface area contributed by atoms with Gasteiger partial charge >= 0.3 is 0 Å². The Morgan fingerprint density at radius 1 is 1.50 bits per heavy atom. The number of aromatic nitrogens is 2. The summed E-state index contributed by atoms with van der Waals surface area (Å²) in [5.41, 5.74) is 1.12. The van der Waals surface area contributed by atoms with E-state index in [0.717, 1.165) is 10.1 Å². The number of rotatable bonds is 1. The Kier molecular flexibility index (Phi) is 2.09. The van der Waals surface area contributed by atoms with Crippen molar-refractivity contribution in [1.82, 2.24) is 9.55 Å². The topological polar surface area (TPSA) is 17.8 Å². The monoisotopic (exact) mass is 362 g/mol. The molecule has 1 aliphatic rings. The van der Waals surface area contributed by atoms with Crippen molar-refractivity contribution in [2.75, 3.05) is 0 Å². The van der Waals surface area contributed by atoms with Gasteiger partial charge in [0.15, 0.2) is 0 Å². The molecular formula is C10H8BrIN2. The third-order valence-corrected chi connectivity index (χ3v) is 4.03. The van der Waals surface area contributed by atoms with E-state index < -0.39 is 0 Å². The summed E-state index contributed by atoms with van der Waals surface area (Å²) in [4.78, 5) is 4.45. The van der Waals surface area contributed by atoms with Gasteiger partial charge < -0.3 is 4.57 Å². The molecule has 0 unspecified atom stereocenters. The molecule has 1 saturated carbocycles. The predicted octanol–water partition coefficient (Wildman–Crippen LogP) is 3.74. The number of hydrogen-bond acceptors (Lipinski definition) is 1. The molecule has 2 nitrogen and oxygen atoms in total. The standard InChI is InChI=1S/C10H8BrIN2/c11-7-3-4-13-10-9(7)8(12)5-14(10)6-1-2-6/h3-6H,1-2H2. The lowest BCUT2D eigenvalue weighted by Gasteiger charge is -2.00. The van der Waals surface area contributed by atoms with E-state index in [1.165, 1.54) is 21.8 Å². The van der Waals surface area contributed by atoms with Crippen LogP contribution >= 0.6 is 38.5 Å². The van der Waals surface area contributed by atoms with E-state index in [-0.39, 0.29) is 0 Å². The second-order valence-corrected chi connectivity index (χ2v) is 5.62. The van der Waals surface area contributed by atoms with Gasteiger partial charge in [-0.25, -0.2) is 4.98 Å². The van der Waals surface area contributed by atoms with E-state index in [1.807, 2.05) is 12.3 Å². The first-order chi connectivity index (χ1) is 6.77. The minimum Gasteiger partial charge on any atom is -0.328 e. The van der Waals surface area contributed by atoms with E-state index in [2.05, 4.69) is 54.3 Å². The molecule has 0 N–H and O–H groups in total. The molecular weight excluding hydrogens is 355 g/mol. The highest BCUT2D eigenvalue weighted by Gasteiger charge is 2.26. The van der Waals surface area contributed by atoms with Crippen LogP contribution < -0.4 is 0 Å². The molecule has 0 bridgehead atoms. The second kappa shape index (κ2) is 3.20. The quantitative estimate of drug-likeness (QED) is 0.706. The van der Waals surface area contributed by atoms with Crippen LogP contribution in [-0.4, -0.2) is 9.55 Å². The van der Waals surface area contributed by atoms with Crippen molar-refractivity contribution in [2.24, 2.45) is 0 Å². The molecule has 0 aliphatic heterocycles. The first kappa shape index (κ1) is 9.15. The van der Waals surface area contributed by atoms with Gasteiger partial charge in [-0.1, -0.05) is 0 Å². The van der Waals surface area contributed by atoms with Gasteiger partial charge in [0.05, 0.1) is 0 Å². The molecule has 2 heterocycles. The average Bonchev–Trinajstić information content (AvgIpc) is 2.93. The SMILES string of the molecule is Brc1ccnc2c1c(I)cn2C1CC1. The van der Waals surface area contributed by atoms with E-state index in [0.29, 0.717) is 6.04 Å². The van der Waals surface area contributed by atoms with Crippen LogP contribution in [-0.2, 0) is 0 Å². The predicted molar refractivity (Wildman–Crippen MR) is 68.4 cm³/mol. The highest BCUT2D eigenvalue weighted by Crippen LogP contribution is 2.39. The first-order valence-corrected chi connectivity index (χ1v) is 6.45. The molecule has 3 rings (SSSR count). The lowest BCUT2D eigenvalue weighted by molar-refractivity contribution is 0.765. The average molecular weight is 363 g/mol. The van der Waals surface area contributed by atoms with Gasteiger partial charge in [-0.15, -0.1) is 0 Å². The summed E-state index contributed by atoms with van der Waals surface area (Å²) in [5, 5.41) is 1.25. The lowest BCUT2D eigenvalue weighted by Crippen LogP contribution is -1.92. The van der Waals surface area contributed by atoms with Gasteiger partial charge in [-0.2, -0.15) is 0 Å². The molecule has 72 valence electrons. The molecule has 0 atom stereocenters. The minimum absolute atomic E-state index is 0.697. The van der Waals surface area contributed by atoms with Crippen molar-refractivity contribution >= 4 is 49.6 Å². The fourth-order valence-electron chi connectivity index (χ4n) is 1.72. The fraction of sp³-hybridized carbons (Fsp3) is 0.300. The maximum absolute atomic E-state index is 4.45. The van der Waals surface area contributed by atoms with Crippen molar-refractivity contribution in [3.05, 3.63) is 26.5 Å². The molecule has 4 heteroatoms. The number of pyridine rings is 1. The number of halogens is 2. The Hall–Kier alpha value is -0.100. The van der Waals surface area contributed by atoms with Gasteiger partial charge in [-0.05, 0) is 57.4 Å².